The lowest BCUT2D eigenvalue weighted by Gasteiger charge is -2.38. The number of halogens is 4. The number of rotatable bonds is 10. The van der Waals surface area contributed by atoms with Gasteiger partial charge in [-0.25, -0.2) is 13.2 Å². The first-order valence-corrected chi connectivity index (χ1v) is 16.2. The Bertz CT molecular complexity index is 1380. The van der Waals surface area contributed by atoms with Crippen LogP contribution < -0.4 is 4.74 Å². The predicted octanol–water partition coefficient (Wildman–Crippen LogP) is 11.8. The molecule has 0 N–H and O–H groups in total. The van der Waals surface area contributed by atoms with E-state index in [1.165, 1.54) is 50.7 Å². The van der Waals surface area contributed by atoms with E-state index in [1.54, 1.807) is 36.4 Å². The lowest BCUT2D eigenvalue weighted by molar-refractivity contribution is 0.156. The van der Waals surface area contributed by atoms with E-state index in [0.29, 0.717) is 35.6 Å². The summed E-state index contributed by atoms with van der Waals surface area (Å²) in [6, 6.07) is 12.7. The van der Waals surface area contributed by atoms with Crippen LogP contribution in [-0.2, 0) is 0 Å². The van der Waals surface area contributed by atoms with Crippen LogP contribution in [0.15, 0.2) is 60.7 Å². The van der Waals surface area contributed by atoms with Gasteiger partial charge < -0.3 is 4.74 Å². The molecule has 5 rings (SSSR count). The van der Waals surface area contributed by atoms with Gasteiger partial charge in [0.05, 0.1) is 6.61 Å². The highest BCUT2D eigenvalue weighted by atomic mass is 19.2. The third-order valence-electron chi connectivity index (χ3n) is 9.87. The van der Waals surface area contributed by atoms with E-state index in [2.05, 4.69) is 19.1 Å². The average molecular weight is 593 g/mol. The molecule has 43 heavy (non-hydrogen) atoms. The van der Waals surface area contributed by atoms with Crippen molar-refractivity contribution in [3.05, 3.63) is 89.5 Å². The number of ether oxygens (including phenoxy) is 1. The maximum Gasteiger partial charge on any atom is 0.201 e. The zero-order valence-corrected chi connectivity index (χ0v) is 25.5. The molecule has 0 bridgehead atoms. The van der Waals surface area contributed by atoms with Crippen molar-refractivity contribution < 1.29 is 22.3 Å². The molecule has 0 radical (unpaired) electrons. The van der Waals surface area contributed by atoms with Crippen LogP contribution in [0, 0.1) is 41.0 Å². The molecule has 3 aromatic carbocycles. The first-order chi connectivity index (χ1) is 20.9. The molecule has 0 aromatic heterocycles. The first-order valence-electron chi connectivity index (χ1n) is 16.2. The van der Waals surface area contributed by atoms with E-state index < -0.39 is 23.3 Å². The van der Waals surface area contributed by atoms with Crippen LogP contribution in [-0.4, -0.2) is 6.61 Å². The van der Waals surface area contributed by atoms with Gasteiger partial charge in [-0.15, -0.1) is 0 Å². The standard InChI is InChI=1S/C38H44F4O/c1-3-5-6-7-25-8-10-26(11-9-25)27-12-14-28(15-13-27)31-20-21-32(36(40)35(31)39)29-16-18-30(19-17-29)33-22-23-34(43-24-4-2)38(42)37(33)41/h3,5,16-23,25-28H,4,6-15,24H2,1-2H3/b5-3+. The van der Waals surface area contributed by atoms with Crippen LogP contribution in [0.1, 0.15) is 96.0 Å². The van der Waals surface area contributed by atoms with Gasteiger partial charge in [0.15, 0.2) is 23.2 Å². The molecule has 2 saturated carbocycles. The average Bonchev–Trinajstić information content (AvgIpc) is 3.04. The maximum atomic E-state index is 15.4. The Kier molecular flexibility index (Phi) is 10.6. The zero-order chi connectivity index (χ0) is 30.3. The molecule has 230 valence electrons. The van der Waals surface area contributed by atoms with E-state index in [1.807, 2.05) is 6.92 Å². The predicted molar refractivity (Wildman–Crippen MR) is 167 cm³/mol. The van der Waals surface area contributed by atoms with Gasteiger partial charge in [-0.3, -0.25) is 0 Å². The minimum Gasteiger partial charge on any atom is -0.490 e. The summed E-state index contributed by atoms with van der Waals surface area (Å²) in [6.07, 6.45) is 16.9. The van der Waals surface area contributed by atoms with Crippen LogP contribution >= 0.6 is 0 Å². The molecular weight excluding hydrogens is 548 g/mol. The molecule has 0 heterocycles. The highest BCUT2D eigenvalue weighted by molar-refractivity contribution is 5.72. The lowest BCUT2D eigenvalue weighted by Crippen LogP contribution is -2.25. The second-order valence-electron chi connectivity index (χ2n) is 12.5. The normalized spacial score (nSPS) is 22.7. The topological polar surface area (TPSA) is 9.23 Å². The van der Waals surface area contributed by atoms with Crippen molar-refractivity contribution in [2.45, 2.75) is 90.4 Å². The summed E-state index contributed by atoms with van der Waals surface area (Å²) in [5.41, 5.74) is 1.66. The Morgan fingerprint density at radius 2 is 1.23 bits per heavy atom. The molecule has 0 amide bonds. The molecule has 0 atom stereocenters. The summed E-state index contributed by atoms with van der Waals surface area (Å²) in [4.78, 5) is 0. The summed E-state index contributed by atoms with van der Waals surface area (Å²) in [5.74, 6) is -1.37. The second-order valence-corrected chi connectivity index (χ2v) is 12.5. The van der Waals surface area contributed by atoms with E-state index in [-0.39, 0.29) is 22.8 Å². The number of hydrogen-bond acceptors (Lipinski definition) is 1. The highest BCUT2D eigenvalue weighted by Gasteiger charge is 2.32. The number of allylic oxidation sites excluding steroid dienone is 2. The van der Waals surface area contributed by atoms with Gasteiger partial charge in [0.25, 0.3) is 0 Å². The smallest absolute Gasteiger partial charge is 0.201 e. The highest BCUT2D eigenvalue weighted by Crippen LogP contribution is 2.45. The Hall–Kier alpha value is -3.08. The van der Waals surface area contributed by atoms with Gasteiger partial charge in [-0.2, -0.15) is 4.39 Å². The van der Waals surface area contributed by atoms with E-state index in [0.717, 1.165) is 37.5 Å². The minimum atomic E-state index is -1.03. The quantitative estimate of drug-likeness (QED) is 0.168. The third-order valence-corrected chi connectivity index (χ3v) is 9.87. The van der Waals surface area contributed by atoms with Gasteiger partial charge in [0, 0.05) is 11.1 Å². The molecule has 1 nitrogen and oxygen atoms in total. The van der Waals surface area contributed by atoms with Gasteiger partial charge in [-0.05, 0) is 117 Å². The van der Waals surface area contributed by atoms with Crippen molar-refractivity contribution in [2.75, 3.05) is 6.61 Å². The van der Waals surface area contributed by atoms with Gasteiger partial charge >= 0.3 is 0 Å². The summed E-state index contributed by atoms with van der Waals surface area (Å²) in [6.45, 7) is 4.27. The second kappa shape index (κ2) is 14.6. The van der Waals surface area contributed by atoms with Crippen molar-refractivity contribution in [3.8, 4) is 28.0 Å². The van der Waals surface area contributed by atoms with Crippen molar-refractivity contribution in [2.24, 2.45) is 17.8 Å². The maximum absolute atomic E-state index is 15.4. The number of benzene rings is 3. The monoisotopic (exact) mass is 592 g/mol. The SMILES string of the molecule is C/C=C/CCC1CCC(C2CCC(c3ccc(-c4ccc(-c5ccc(OCCC)c(F)c5F)cc4)c(F)c3F)CC2)CC1. The molecule has 2 aliphatic rings. The van der Waals surface area contributed by atoms with Crippen molar-refractivity contribution >= 4 is 0 Å². The van der Waals surface area contributed by atoms with Gasteiger partial charge in [0.2, 0.25) is 5.82 Å². The lowest BCUT2D eigenvalue weighted by atomic mass is 9.68. The van der Waals surface area contributed by atoms with Crippen molar-refractivity contribution in [1.29, 1.82) is 0 Å². The molecule has 5 heteroatoms. The van der Waals surface area contributed by atoms with Crippen LogP contribution in [0.25, 0.3) is 22.3 Å². The van der Waals surface area contributed by atoms with E-state index >= 15 is 8.78 Å². The molecular formula is C38H44F4O. The summed E-state index contributed by atoms with van der Waals surface area (Å²) < 4.78 is 65.4. The molecule has 2 aliphatic carbocycles. The van der Waals surface area contributed by atoms with Gasteiger partial charge in [-0.1, -0.05) is 68.3 Å². The Balaban J connectivity index is 1.21. The van der Waals surface area contributed by atoms with E-state index in [9.17, 15) is 8.78 Å². The van der Waals surface area contributed by atoms with Crippen molar-refractivity contribution in [3.63, 3.8) is 0 Å². The Morgan fingerprint density at radius 3 is 1.81 bits per heavy atom. The molecule has 2 fully saturated rings. The van der Waals surface area contributed by atoms with Crippen LogP contribution in [0.3, 0.4) is 0 Å². The first kappa shape index (κ1) is 31.3. The van der Waals surface area contributed by atoms with Crippen LogP contribution in [0.4, 0.5) is 17.6 Å². The zero-order valence-electron chi connectivity index (χ0n) is 25.5. The summed E-state index contributed by atoms with van der Waals surface area (Å²) >= 11 is 0. The molecule has 3 aromatic rings. The van der Waals surface area contributed by atoms with Gasteiger partial charge in [0.1, 0.15) is 0 Å². The van der Waals surface area contributed by atoms with Crippen molar-refractivity contribution in [1.82, 2.24) is 0 Å². The minimum absolute atomic E-state index is 0.0431. The number of hydrogen-bond donors (Lipinski definition) is 0. The largest absolute Gasteiger partial charge is 0.490 e. The van der Waals surface area contributed by atoms with Crippen LogP contribution in [0.5, 0.6) is 5.75 Å². The third kappa shape index (κ3) is 7.19. The fourth-order valence-electron chi connectivity index (χ4n) is 7.36. The van der Waals surface area contributed by atoms with E-state index in [4.69, 9.17) is 4.74 Å². The van der Waals surface area contributed by atoms with Crippen LogP contribution in [0.2, 0.25) is 0 Å². The molecule has 0 spiro atoms. The summed E-state index contributed by atoms with van der Waals surface area (Å²) in [5, 5.41) is 0. The summed E-state index contributed by atoms with van der Waals surface area (Å²) in [7, 11) is 0. The molecule has 0 saturated heterocycles. The fourth-order valence-corrected chi connectivity index (χ4v) is 7.36. The fraction of sp³-hybridized carbons (Fsp3) is 0.474. The molecule has 0 aliphatic heterocycles. The Morgan fingerprint density at radius 1 is 0.674 bits per heavy atom. The Labute approximate surface area is 254 Å². The molecule has 0 unspecified atom stereocenters.